The molecule has 2 aromatic heterocycles. The number of nitrogens with one attached hydrogen (secondary N) is 2. The van der Waals surface area contributed by atoms with E-state index in [0.29, 0.717) is 23.1 Å². The first-order valence-electron chi connectivity index (χ1n) is 9.54. The lowest BCUT2D eigenvalue weighted by Gasteiger charge is -2.15. The third-order valence-electron chi connectivity index (χ3n) is 4.41. The highest BCUT2D eigenvalue weighted by molar-refractivity contribution is 7.20. The highest BCUT2D eigenvalue weighted by Crippen LogP contribution is 2.31. The van der Waals surface area contributed by atoms with Gasteiger partial charge in [0, 0.05) is 11.1 Å². The topological polar surface area (TPSA) is 102 Å². The molecule has 0 unspecified atom stereocenters. The van der Waals surface area contributed by atoms with E-state index in [1.54, 1.807) is 31.2 Å². The summed E-state index contributed by atoms with van der Waals surface area (Å²) >= 11 is 1.27. The molecule has 0 aliphatic carbocycles. The van der Waals surface area contributed by atoms with Crippen LogP contribution in [0.2, 0.25) is 0 Å². The predicted octanol–water partition coefficient (Wildman–Crippen LogP) is 3.24. The summed E-state index contributed by atoms with van der Waals surface area (Å²) in [4.78, 5) is 34.9. The maximum absolute atomic E-state index is 12.6. The Morgan fingerprint density at radius 1 is 1.07 bits per heavy atom. The number of carbonyl (C=O) groups is 2. The smallest absolute Gasteiger partial charge is 0.280 e. The van der Waals surface area contributed by atoms with Gasteiger partial charge < -0.3 is 9.47 Å². The van der Waals surface area contributed by atoms with Crippen LogP contribution in [-0.4, -0.2) is 34.5 Å². The maximum atomic E-state index is 12.6. The molecule has 0 aliphatic heterocycles. The summed E-state index contributed by atoms with van der Waals surface area (Å²) in [6.45, 7) is 9.63. The van der Waals surface area contributed by atoms with E-state index in [9.17, 15) is 9.59 Å². The SMILES string of the molecule is CCOc1ccc(O[C@@H](C)C(=O)NNC(=O)c2sc3nc(C)nc(C)c3c2C)cc1. The van der Waals surface area contributed by atoms with E-state index in [2.05, 4.69) is 20.8 Å². The van der Waals surface area contributed by atoms with Gasteiger partial charge in [-0.2, -0.15) is 0 Å². The number of thiophene rings is 1. The lowest BCUT2D eigenvalue weighted by atomic mass is 10.1. The van der Waals surface area contributed by atoms with Gasteiger partial charge in [0.15, 0.2) is 6.10 Å². The minimum Gasteiger partial charge on any atom is -0.494 e. The van der Waals surface area contributed by atoms with Crippen molar-refractivity contribution in [1.29, 1.82) is 0 Å². The van der Waals surface area contributed by atoms with Crippen molar-refractivity contribution < 1.29 is 19.1 Å². The molecule has 0 radical (unpaired) electrons. The number of benzene rings is 1. The second kappa shape index (κ2) is 9.08. The molecule has 1 atom stereocenters. The molecule has 0 saturated heterocycles. The van der Waals surface area contributed by atoms with Crippen molar-refractivity contribution in [3.05, 3.63) is 46.2 Å². The largest absolute Gasteiger partial charge is 0.494 e. The Bertz CT molecular complexity index is 1080. The molecule has 0 aliphatic rings. The first-order valence-corrected chi connectivity index (χ1v) is 10.4. The predicted molar refractivity (Wildman–Crippen MR) is 115 cm³/mol. The van der Waals surface area contributed by atoms with E-state index in [0.717, 1.165) is 27.2 Å². The Balaban J connectivity index is 1.61. The number of hydrazine groups is 1. The third-order valence-corrected chi connectivity index (χ3v) is 5.59. The normalized spacial score (nSPS) is 11.8. The minimum absolute atomic E-state index is 0.408. The lowest BCUT2D eigenvalue weighted by molar-refractivity contribution is -0.128. The summed E-state index contributed by atoms with van der Waals surface area (Å²) in [5, 5.41) is 0.870. The second-order valence-corrected chi connectivity index (χ2v) is 7.70. The van der Waals surface area contributed by atoms with Gasteiger partial charge in [-0.25, -0.2) is 9.97 Å². The average Bonchev–Trinajstić information content (AvgIpc) is 3.04. The molecule has 3 aromatic rings. The number of fused-ring (bicyclic) bond motifs is 1. The summed E-state index contributed by atoms with van der Waals surface area (Å²) in [7, 11) is 0. The molecule has 1 aromatic carbocycles. The monoisotopic (exact) mass is 428 g/mol. The van der Waals surface area contributed by atoms with Crippen LogP contribution in [0.4, 0.5) is 0 Å². The summed E-state index contributed by atoms with van der Waals surface area (Å²) < 4.78 is 11.0. The van der Waals surface area contributed by atoms with E-state index in [-0.39, 0.29) is 0 Å². The highest BCUT2D eigenvalue weighted by Gasteiger charge is 2.20. The molecule has 0 bridgehead atoms. The highest BCUT2D eigenvalue weighted by atomic mass is 32.1. The average molecular weight is 429 g/mol. The van der Waals surface area contributed by atoms with Crippen molar-refractivity contribution in [3.63, 3.8) is 0 Å². The number of rotatable bonds is 6. The van der Waals surface area contributed by atoms with Gasteiger partial charge >= 0.3 is 0 Å². The molecule has 9 heteroatoms. The van der Waals surface area contributed by atoms with Gasteiger partial charge in [-0.1, -0.05) is 0 Å². The van der Waals surface area contributed by atoms with Crippen LogP contribution in [0, 0.1) is 20.8 Å². The van der Waals surface area contributed by atoms with Crippen molar-refractivity contribution in [3.8, 4) is 11.5 Å². The van der Waals surface area contributed by atoms with Crippen LogP contribution in [0.5, 0.6) is 11.5 Å². The van der Waals surface area contributed by atoms with E-state index >= 15 is 0 Å². The van der Waals surface area contributed by atoms with Crippen molar-refractivity contribution >= 4 is 33.4 Å². The standard InChI is InChI=1S/C21H24N4O4S/c1-6-28-15-7-9-16(10-8-15)29-13(4)19(26)24-25-20(27)18-11(2)17-12(3)22-14(5)23-21(17)30-18/h7-10,13H,6H2,1-5H3,(H,24,26)(H,25,27)/t13-/m0/s1. The molecule has 3 rings (SSSR count). The quantitative estimate of drug-likeness (QED) is 0.585. The minimum atomic E-state index is -0.803. The zero-order chi connectivity index (χ0) is 21.8. The van der Waals surface area contributed by atoms with E-state index in [1.807, 2.05) is 27.7 Å². The van der Waals surface area contributed by atoms with Gasteiger partial charge in [0.25, 0.3) is 11.8 Å². The Kier molecular flexibility index (Phi) is 6.51. The van der Waals surface area contributed by atoms with Gasteiger partial charge in [0.2, 0.25) is 0 Å². The number of aromatic nitrogens is 2. The number of amides is 2. The van der Waals surface area contributed by atoms with Crippen LogP contribution in [0.15, 0.2) is 24.3 Å². The Labute approximate surface area is 178 Å². The van der Waals surface area contributed by atoms with Crippen molar-refractivity contribution in [2.75, 3.05) is 6.61 Å². The maximum Gasteiger partial charge on any atom is 0.280 e. The molecular weight excluding hydrogens is 404 g/mol. The van der Waals surface area contributed by atoms with Gasteiger partial charge in [0.1, 0.15) is 22.2 Å². The van der Waals surface area contributed by atoms with Gasteiger partial charge in [-0.15, -0.1) is 11.3 Å². The van der Waals surface area contributed by atoms with Crippen LogP contribution in [0.3, 0.4) is 0 Å². The number of ether oxygens (including phenoxy) is 2. The Morgan fingerprint density at radius 2 is 1.73 bits per heavy atom. The summed E-state index contributed by atoms with van der Waals surface area (Å²) in [5.74, 6) is 1.03. The van der Waals surface area contributed by atoms with E-state index in [4.69, 9.17) is 9.47 Å². The summed E-state index contributed by atoms with van der Waals surface area (Å²) in [6, 6.07) is 6.97. The van der Waals surface area contributed by atoms with Crippen LogP contribution < -0.4 is 20.3 Å². The van der Waals surface area contributed by atoms with Gasteiger partial charge in [-0.05, 0) is 64.4 Å². The zero-order valence-electron chi connectivity index (χ0n) is 17.5. The van der Waals surface area contributed by atoms with E-state index in [1.165, 1.54) is 11.3 Å². The number of hydrogen-bond donors (Lipinski definition) is 2. The number of nitrogens with zero attached hydrogens (tertiary/aromatic N) is 2. The first kappa shape index (κ1) is 21.5. The van der Waals surface area contributed by atoms with Gasteiger partial charge in [-0.3, -0.25) is 20.4 Å². The van der Waals surface area contributed by atoms with Crippen LogP contribution in [-0.2, 0) is 4.79 Å². The van der Waals surface area contributed by atoms with E-state index < -0.39 is 17.9 Å². The lowest BCUT2D eigenvalue weighted by Crippen LogP contribution is -2.47. The zero-order valence-corrected chi connectivity index (χ0v) is 18.3. The van der Waals surface area contributed by atoms with Crippen LogP contribution in [0.1, 0.15) is 40.6 Å². The van der Waals surface area contributed by atoms with Gasteiger partial charge in [0.05, 0.1) is 11.5 Å². The fourth-order valence-electron chi connectivity index (χ4n) is 3.01. The first-order chi connectivity index (χ1) is 14.3. The summed E-state index contributed by atoms with van der Waals surface area (Å²) in [6.07, 6.45) is -0.803. The summed E-state index contributed by atoms with van der Waals surface area (Å²) in [5.41, 5.74) is 6.48. The number of carbonyl (C=O) groups excluding carboxylic acids is 2. The molecular formula is C21H24N4O4S. The molecule has 158 valence electrons. The fourth-order valence-corrected chi connectivity index (χ4v) is 4.18. The van der Waals surface area contributed by atoms with Crippen molar-refractivity contribution in [2.24, 2.45) is 0 Å². The molecule has 2 heterocycles. The second-order valence-electron chi connectivity index (χ2n) is 6.70. The van der Waals surface area contributed by atoms with Crippen molar-refractivity contribution in [1.82, 2.24) is 20.8 Å². The van der Waals surface area contributed by atoms with Crippen LogP contribution in [0.25, 0.3) is 10.2 Å². The molecule has 8 nitrogen and oxygen atoms in total. The Hall–Kier alpha value is -3.20. The Morgan fingerprint density at radius 3 is 2.40 bits per heavy atom. The molecule has 0 fully saturated rings. The third kappa shape index (κ3) is 4.68. The fraction of sp³-hybridized carbons (Fsp3) is 0.333. The molecule has 2 N–H and O–H groups in total. The molecule has 2 amide bonds. The molecule has 0 saturated carbocycles. The molecule has 30 heavy (non-hydrogen) atoms. The number of aryl methyl sites for hydroxylation is 3. The van der Waals surface area contributed by atoms with Crippen LogP contribution >= 0.6 is 11.3 Å². The van der Waals surface area contributed by atoms with Crippen molar-refractivity contribution in [2.45, 2.75) is 40.7 Å². The molecule has 0 spiro atoms. The number of hydrogen-bond acceptors (Lipinski definition) is 7.